The quantitative estimate of drug-likeness (QED) is 0.678. The largest absolute Gasteiger partial charge is 0.496 e. The first-order valence-electron chi connectivity index (χ1n) is 9.20. The number of benzene rings is 2. The molecule has 3 rings (SSSR count). The van der Waals surface area contributed by atoms with Gasteiger partial charge in [-0.2, -0.15) is 0 Å². The lowest BCUT2D eigenvalue weighted by Crippen LogP contribution is -2.26. The summed E-state index contributed by atoms with van der Waals surface area (Å²) in [6.07, 6.45) is 0. The molecule has 28 heavy (non-hydrogen) atoms. The Morgan fingerprint density at radius 3 is 2.50 bits per heavy atom. The smallest absolute Gasteiger partial charge is 0.270 e. The number of methoxy groups -OCH3 is 1. The average molecular weight is 376 g/mol. The third kappa shape index (κ3) is 4.46. The first kappa shape index (κ1) is 19.4. The van der Waals surface area contributed by atoms with Crippen LogP contribution < -0.4 is 15.0 Å². The Kier molecular flexibility index (Phi) is 6.22. The lowest BCUT2D eigenvalue weighted by atomic mass is 10.2. The summed E-state index contributed by atoms with van der Waals surface area (Å²) >= 11 is 0. The Morgan fingerprint density at radius 1 is 1.07 bits per heavy atom. The predicted octanol–water partition coefficient (Wildman–Crippen LogP) is 3.88. The average Bonchev–Trinajstić information content (AvgIpc) is 2.73. The number of carbonyl (C=O) groups excluding carboxylic acids is 1. The zero-order chi connectivity index (χ0) is 19.9. The molecule has 0 saturated carbocycles. The van der Waals surface area contributed by atoms with E-state index in [9.17, 15) is 4.79 Å². The van der Waals surface area contributed by atoms with Crippen LogP contribution in [0.3, 0.4) is 0 Å². The van der Waals surface area contributed by atoms with E-state index in [1.807, 2.05) is 66.4 Å². The second kappa shape index (κ2) is 8.99. The number of hydrogen-bond acceptors (Lipinski definition) is 5. The number of hydrogen-bond donors (Lipinski definition) is 1. The van der Waals surface area contributed by atoms with Gasteiger partial charge in [0.25, 0.3) is 5.91 Å². The predicted molar refractivity (Wildman–Crippen MR) is 110 cm³/mol. The summed E-state index contributed by atoms with van der Waals surface area (Å²) in [5.41, 5.74) is 2.26. The lowest BCUT2D eigenvalue weighted by molar-refractivity contribution is 0.0945. The molecular formula is C22H24N4O2. The van der Waals surface area contributed by atoms with Crippen LogP contribution in [0, 0.1) is 6.92 Å². The van der Waals surface area contributed by atoms with Crippen molar-refractivity contribution in [2.45, 2.75) is 20.4 Å². The van der Waals surface area contributed by atoms with Crippen LogP contribution >= 0.6 is 0 Å². The van der Waals surface area contributed by atoms with Crippen LogP contribution in [0.15, 0.2) is 60.7 Å². The Labute approximate surface area is 165 Å². The number of nitrogens with zero attached hydrogens (tertiary/aromatic N) is 3. The minimum Gasteiger partial charge on any atom is -0.496 e. The molecule has 1 aromatic heterocycles. The summed E-state index contributed by atoms with van der Waals surface area (Å²) in [5.74, 6) is 1.74. The van der Waals surface area contributed by atoms with E-state index in [0.717, 1.165) is 23.5 Å². The number of carbonyl (C=O) groups is 1. The number of rotatable bonds is 7. The van der Waals surface area contributed by atoms with Crippen LogP contribution in [0.25, 0.3) is 0 Å². The van der Waals surface area contributed by atoms with Gasteiger partial charge in [0, 0.05) is 30.4 Å². The monoisotopic (exact) mass is 376 g/mol. The highest BCUT2D eigenvalue weighted by molar-refractivity contribution is 5.93. The number of amides is 1. The number of anilines is 2. The molecule has 3 aromatic rings. The van der Waals surface area contributed by atoms with Gasteiger partial charge in [0.15, 0.2) is 0 Å². The van der Waals surface area contributed by atoms with Crippen molar-refractivity contribution in [1.29, 1.82) is 0 Å². The fraction of sp³-hybridized carbons (Fsp3) is 0.227. The van der Waals surface area contributed by atoms with Gasteiger partial charge in [0.2, 0.25) is 0 Å². The van der Waals surface area contributed by atoms with Crippen molar-refractivity contribution < 1.29 is 9.53 Å². The standard InChI is InChI=1S/C22H24N4O2/c1-4-26(18-11-6-5-7-12-18)21-14-19(24-16(2)25-21)22(27)23-15-17-10-8-9-13-20(17)28-3/h5-14H,4,15H2,1-3H3,(H,23,27). The van der Waals surface area contributed by atoms with Crippen molar-refractivity contribution in [3.8, 4) is 5.75 Å². The molecule has 1 heterocycles. The SMILES string of the molecule is CCN(c1ccccc1)c1cc(C(=O)NCc2ccccc2OC)nc(C)n1. The van der Waals surface area contributed by atoms with E-state index >= 15 is 0 Å². The summed E-state index contributed by atoms with van der Waals surface area (Å²) in [6, 6.07) is 19.3. The van der Waals surface area contributed by atoms with Crippen LogP contribution in [-0.2, 0) is 6.54 Å². The van der Waals surface area contributed by atoms with E-state index in [0.29, 0.717) is 23.9 Å². The van der Waals surface area contributed by atoms with Gasteiger partial charge in [-0.3, -0.25) is 4.79 Å². The van der Waals surface area contributed by atoms with Crippen LogP contribution in [-0.4, -0.2) is 29.5 Å². The molecule has 0 unspecified atom stereocenters. The molecule has 0 fully saturated rings. The summed E-state index contributed by atoms with van der Waals surface area (Å²) in [4.78, 5) is 23.6. The summed E-state index contributed by atoms with van der Waals surface area (Å²) in [6.45, 7) is 4.92. The maximum atomic E-state index is 12.7. The third-order valence-electron chi connectivity index (χ3n) is 4.35. The summed E-state index contributed by atoms with van der Waals surface area (Å²) < 4.78 is 5.33. The highest BCUT2D eigenvalue weighted by Crippen LogP contribution is 2.23. The van der Waals surface area contributed by atoms with E-state index in [1.165, 1.54) is 0 Å². The maximum absolute atomic E-state index is 12.7. The van der Waals surface area contributed by atoms with Crippen LogP contribution in [0.4, 0.5) is 11.5 Å². The van der Waals surface area contributed by atoms with E-state index in [1.54, 1.807) is 20.1 Å². The molecule has 0 saturated heterocycles. The van der Waals surface area contributed by atoms with Crippen molar-refractivity contribution in [1.82, 2.24) is 15.3 Å². The van der Waals surface area contributed by atoms with Crippen molar-refractivity contribution in [2.75, 3.05) is 18.6 Å². The molecule has 2 aromatic carbocycles. The van der Waals surface area contributed by atoms with Crippen molar-refractivity contribution in [3.63, 3.8) is 0 Å². The lowest BCUT2D eigenvalue weighted by Gasteiger charge is -2.22. The molecule has 1 amide bonds. The number of para-hydroxylation sites is 2. The minimum atomic E-state index is -0.248. The number of aryl methyl sites for hydroxylation is 1. The highest BCUT2D eigenvalue weighted by Gasteiger charge is 2.15. The van der Waals surface area contributed by atoms with Gasteiger partial charge in [-0.25, -0.2) is 9.97 Å². The van der Waals surface area contributed by atoms with Gasteiger partial charge in [-0.1, -0.05) is 36.4 Å². The van der Waals surface area contributed by atoms with Crippen LogP contribution in [0.1, 0.15) is 28.8 Å². The fourth-order valence-corrected chi connectivity index (χ4v) is 3.01. The van der Waals surface area contributed by atoms with E-state index in [-0.39, 0.29) is 5.91 Å². The molecule has 0 atom stereocenters. The van der Waals surface area contributed by atoms with Crippen molar-refractivity contribution >= 4 is 17.4 Å². The van der Waals surface area contributed by atoms with E-state index in [4.69, 9.17) is 4.74 Å². The molecule has 0 aliphatic rings. The third-order valence-corrected chi connectivity index (χ3v) is 4.35. The molecule has 1 N–H and O–H groups in total. The molecule has 6 heteroatoms. The van der Waals surface area contributed by atoms with Crippen LogP contribution in [0.5, 0.6) is 5.75 Å². The fourth-order valence-electron chi connectivity index (χ4n) is 3.01. The Balaban J connectivity index is 1.81. The molecule has 0 aliphatic carbocycles. The first-order chi connectivity index (χ1) is 13.6. The first-order valence-corrected chi connectivity index (χ1v) is 9.20. The molecule has 0 radical (unpaired) electrons. The number of ether oxygens (including phenoxy) is 1. The highest BCUT2D eigenvalue weighted by atomic mass is 16.5. The second-order valence-corrected chi connectivity index (χ2v) is 6.23. The Hall–Kier alpha value is -3.41. The van der Waals surface area contributed by atoms with Gasteiger partial charge in [-0.15, -0.1) is 0 Å². The Bertz CT molecular complexity index is 944. The van der Waals surface area contributed by atoms with E-state index in [2.05, 4.69) is 15.3 Å². The van der Waals surface area contributed by atoms with Gasteiger partial charge in [0.1, 0.15) is 23.1 Å². The number of aromatic nitrogens is 2. The molecular weight excluding hydrogens is 352 g/mol. The van der Waals surface area contributed by atoms with E-state index < -0.39 is 0 Å². The molecule has 0 bridgehead atoms. The van der Waals surface area contributed by atoms with Gasteiger partial charge in [0.05, 0.1) is 7.11 Å². The summed E-state index contributed by atoms with van der Waals surface area (Å²) in [7, 11) is 1.61. The van der Waals surface area contributed by atoms with Crippen LogP contribution in [0.2, 0.25) is 0 Å². The zero-order valence-corrected chi connectivity index (χ0v) is 16.3. The zero-order valence-electron chi connectivity index (χ0n) is 16.3. The van der Waals surface area contributed by atoms with Gasteiger partial charge >= 0.3 is 0 Å². The molecule has 0 spiro atoms. The molecule has 144 valence electrons. The maximum Gasteiger partial charge on any atom is 0.270 e. The molecule has 6 nitrogen and oxygen atoms in total. The van der Waals surface area contributed by atoms with Crippen molar-refractivity contribution in [3.05, 3.63) is 77.7 Å². The molecule has 0 aliphatic heterocycles. The minimum absolute atomic E-state index is 0.248. The van der Waals surface area contributed by atoms with Gasteiger partial charge < -0.3 is 15.0 Å². The second-order valence-electron chi connectivity index (χ2n) is 6.23. The summed E-state index contributed by atoms with van der Waals surface area (Å²) in [5, 5.41) is 2.91. The van der Waals surface area contributed by atoms with Gasteiger partial charge in [-0.05, 0) is 32.0 Å². The normalized spacial score (nSPS) is 10.4. The van der Waals surface area contributed by atoms with Crippen molar-refractivity contribution in [2.24, 2.45) is 0 Å². The Morgan fingerprint density at radius 2 is 1.79 bits per heavy atom. The topological polar surface area (TPSA) is 67.4 Å². The number of nitrogens with one attached hydrogen (secondary N) is 1.